The summed E-state index contributed by atoms with van der Waals surface area (Å²) in [6.45, 7) is 2.04. The summed E-state index contributed by atoms with van der Waals surface area (Å²) in [5.41, 5.74) is 6.43. The quantitative estimate of drug-likeness (QED) is 0.453. The van der Waals surface area contributed by atoms with E-state index in [0.717, 1.165) is 39.2 Å². The van der Waals surface area contributed by atoms with Crippen LogP contribution in [0.2, 0.25) is 0 Å². The third-order valence-corrected chi connectivity index (χ3v) is 5.69. The summed E-state index contributed by atoms with van der Waals surface area (Å²) < 4.78 is 0. The number of hydrogen-bond acceptors (Lipinski definition) is 2. The first kappa shape index (κ1) is 18.2. The molecule has 0 aromatic heterocycles. The van der Waals surface area contributed by atoms with Crippen molar-refractivity contribution in [3.8, 4) is 16.9 Å². The van der Waals surface area contributed by atoms with E-state index in [1.54, 1.807) is 11.0 Å². The molecule has 0 aliphatic carbocycles. The van der Waals surface area contributed by atoms with Gasteiger partial charge in [-0.2, -0.15) is 0 Å². The summed E-state index contributed by atoms with van der Waals surface area (Å²) in [7, 11) is 0. The maximum absolute atomic E-state index is 13.6. The molecule has 146 valence electrons. The molecule has 0 saturated carbocycles. The predicted octanol–water partition coefficient (Wildman–Crippen LogP) is 6.18. The number of anilines is 2. The predicted molar refractivity (Wildman–Crippen MR) is 120 cm³/mol. The number of para-hydroxylation sites is 1. The Balaban J connectivity index is 1.63. The summed E-state index contributed by atoms with van der Waals surface area (Å²) >= 11 is 0. The van der Waals surface area contributed by atoms with Gasteiger partial charge in [-0.3, -0.25) is 9.69 Å². The van der Waals surface area contributed by atoms with Crippen LogP contribution in [-0.4, -0.2) is 11.0 Å². The molecule has 0 bridgehead atoms. The summed E-state index contributed by atoms with van der Waals surface area (Å²) in [5.74, 6) is -0.186. The molecule has 4 aromatic carbocycles. The molecule has 3 nitrogen and oxygen atoms in total. The largest absolute Gasteiger partial charge is 0.507 e. The number of carbonyl (C=O) groups excluding carboxylic acids is 1. The van der Waals surface area contributed by atoms with Gasteiger partial charge in [-0.15, -0.1) is 0 Å². The second kappa shape index (κ2) is 7.20. The van der Waals surface area contributed by atoms with Gasteiger partial charge in [0.25, 0.3) is 0 Å². The number of nitrogens with zero attached hydrogens (tertiary/aromatic N) is 1. The molecule has 1 amide bonds. The van der Waals surface area contributed by atoms with Crippen molar-refractivity contribution in [2.24, 2.45) is 0 Å². The lowest BCUT2D eigenvalue weighted by Crippen LogP contribution is -2.24. The van der Waals surface area contributed by atoms with Crippen LogP contribution in [0.15, 0.2) is 97.1 Å². The summed E-state index contributed by atoms with van der Waals surface area (Å²) in [5, 5.41) is 10.5. The van der Waals surface area contributed by atoms with Gasteiger partial charge < -0.3 is 5.11 Å². The average molecular weight is 391 g/mol. The van der Waals surface area contributed by atoms with Crippen LogP contribution in [-0.2, 0) is 4.79 Å². The number of carbonyl (C=O) groups is 1. The van der Waals surface area contributed by atoms with Gasteiger partial charge in [-0.25, -0.2) is 0 Å². The van der Waals surface area contributed by atoms with Crippen molar-refractivity contribution in [3.05, 3.63) is 114 Å². The zero-order valence-electron chi connectivity index (χ0n) is 16.6. The summed E-state index contributed by atoms with van der Waals surface area (Å²) in [6.07, 6.45) is 0. The van der Waals surface area contributed by atoms with Crippen molar-refractivity contribution < 1.29 is 9.90 Å². The molecule has 0 fully saturated rings. The van der Waals surface area contributed by atoms with Crippen LogP contribution in [0.5, 0.6) is 5.75 Å². The number of fused-ring (bicyclic) bond motifs is 1. The maximum Gasteiger partial charge on any atom is 0.243 e. The molecule has 0 saturated heterocycles. The van der Waals surface area contributed by atoms with Crippen molar-refractivity contribution >= 4 is 17.3 Å². The molecule has 3 heteroatoms. The van der Waals surface area contributed by atoms with E-state index in [0.29, 0.717) is 0 Å². The molecular formula is C27H21NO2. The van der Waals surface area contributed by atoms with E-state index in [2.05, 4.69) is 0 Å². The molecule has 1 heterocycles. The fraction of sp³-hybridized carbons (Fsp3) is 0.0741. The highest BCUT2D eigenvalue weighted by Crippen LogP contribution is 2.46. The lowest BCUT2D eigenvalue weighted by molar-refractivity contribution is -0.117. The highest BCUT2D eigenvalue weighted by molar-refractivity contribution is 6.12. The van der Waals surface area contributed by atoms with Crippen LogP contribution in [0.1, 0.15) is 22.6 Å². The first-order valence-electron chi connectivity index (χ1n) is 10.0. The van der Waals surface area contributed by atoms with Crippen molar-refractivity contribution in [3.63, 3.8) is 0 Å². The van der Waals surface area contributed by atoms with Gasteiger partial charge in [0.15, 0.2) is 0 Å². The van der Waals surface area contributed by atoms with Crippen LogP contribution < -0.4 is 4.90 Å². The van der Waals surface area contributed by atoms with E-state index < -0.39 is 5.92 Å². The third-order valence-electron chi connectivity index (χ3n) is 5.69. The highest BCUT2D eigenvalue weighted by Gasteiger charge is 2.39. The van der Waals surface area contributed by atoms with Gasteiger partial charge in [-0.05, 0) is 53.9 Å². The minimum Gasteiger partial charge on any atom is -0.507 e. The number of rotatable bonds is 3. The molecule has 5 rings (SSSR count). The first-order chi connectivity index (χ1) is 14.6. The fourth-order valence-electron chi connectivity index (χ4n) is 4.18. The average Bonchev–Trinajstić information content (AvgIpc) is 3.07. The molecule has 1 unspecified atom stereocenters. The van der Waals surface area contributed by atoms with Gasteiger partial charge in [0.2, 0.25) is 5.91 Å². The van der Waals surface area contributed by atoms with E-state index in [1.807, 2.05) is 97.9 Å². The second-order valence-corrected chi connectivity index (χ2v) is 7.64. The standard InChI is InChI=1S/C27H21NO2/c1-18-11-14-21(15-12-18)28-24-10-6-5-9-22(24)26(27(28)30)20-13-16-25(29)23(17-20)19-7-3-2-4-8-19/h2-17,26,29H,1H3. The normalized spacial score (nSPS) is 15.3. The number of hydrogen-bond donors (Lipinski definition) is 1. The monoisotopic (exact) mass is 391 g/mol. The van der Waals surface area contributed by atoms with E-state index in [1.165, 1.54) is 0 Å². The number of aromatic hydroxyl groups is 1. The first-order valence-corrected chi connectivity index (χ1v) is 10.0. The fourth-order valence-corrected chi connectivity index (χ4v) is 4.18. The van der Waals surface area contributed by atoms with Crippen molar-refractivity contribution in [1.82, 2.24) is 0 Å². The van der Waals surface area contributed by atoms with Crippen LogP contribution in [0.3, 0.4) is 0 Å². The van der Waals surface area contributed by atoms with Crippen LogP contribution in [0, 0.1) is 6.92 Å². The Morgan fingerprint density at radius 1 is 0.800 bits per heavy atom. The summed E-state index contributed by atoms with van der Waals surface area (Å²) in [4.78, 5) is 15.4. The van der Waals surface area contributed by atoms with E-state index >= 15 is 0 Å². The van der Waals surface area contributed by atoms with Crippen LogP contribution >= 0.6 is 0 Å². The van der Waals surface area contributed by atoms with Gasteiger partial charge >= 0.3 is 0 Å². The zero-order chi connectivity index (χ0) is 20.7. The molecular weight excluding hydrogens is 370 g/mol. The molecule has 0 spiro atoms. The summed E-state index contributed by atoms with van der Waals surface area (Å²) in [6, 6.07) is 31.2. The van der Waals surface area contributed by atoms with E-state index in [-0.39, 0.29) is 11.7 Å². The molecule has 1 atom stereocenters. The number of amides is 1. The third kappa shape index (κ3) is 2.96. The Kier molecular flexibility index (Phi) is 4.36. The molecule has 1 aliphatic heterocycles. The number of phenols is 1. The maximum atomic E-state index is 13.6. The Labute approximate surface area is 175 Å². The number of benzene rings is 4. The Morgan fingerprint density at radius 2 is 1.50 bits per heavy atom. The van der Waals surface area contributed by atoms with E-state index in [9.17, 15) is 9.90 Å². The highest BCUT2D eigenvalue weighted by atomic mass is 16.3. The topological polar surface area (TPSA) is 40.5 Å². The Bertz CT molecular complexity index is 1230. The molecule has 1 aliphatic rings. The van der Waals surface area contributed by atoms with Crippen LogP contribution in [0.4, 0.5) is 11.4 Å². The molecule has 4 aromatic rings. The number of aryl methyl sites for hydroxylation is 1. The molecule has 30 heavy (non-hydrogen) atoms. The Hall–Kier alpha value is -3.85. The van der Waals surface area contributed by atoms with Gasteiger partial charge in [0.05, 0.1) is 11.6 Å². The zero-order valence-corrected chi connectivity index (χ0v) is 16.6. The molecule has 0 radical (unpaired) electrons. The van der Waals surface area contributed by atoms with Crippen LogP contribution in [0.25, 0.3) is 11.1 Å². The smallest absolute Gasteiger partial charge is 0.243 e. The second-order valence-electron chi connectivity index (χ2n) is 7.64. The van der Waals surface area contributed by atoms with Gasteiger partial charge in [0, 0.05) is 11.3 Å². The lowest BCUT2D eigenvalue weighted by Gasteiger charge is -2.19. The van der Waals surface area contributed by atoms with Crippen molar-refractivity contribution in [1.29, 1.82) is 0 Å². The van der Waals surface area contributed by atoms with Crippen molar-refractivity contribution in [2.45, 2.75) is 12.8 Å². The SMILES string of the molecule is Cc1ccc(N2C(=O)C(c3ccc(O)c(-c4ccccc4)c3)c3ccccc32)cc1. The minimum atomic E-state index is -0.412. The van der Waals surface area contributed by atoms with E-state index in [4.69, 9.17) is 0 Å². The van der Waals surface area contributed by atoms with Crippen molar-refractivity contribution in [2.75, 3.05) is 4.90 Å². The number of phenolic OH excluding ortho intramolecular Hbond substituents is 1. The lowest BCUT2D eigenvalue weighted by atomic mass is 9.90. The van der Waals surface area contributed by atoms with Gasteiger partial charge in [-0.1, -0.05) is 72.3 Å². The van der Waals surface area contributed by atoms with Gasteiger partial charge in [0.1, 0.15) is 5.75 Å². The Morgan fingerprint density at radius 3 is 2.27 bits per heavy atom. The minimum absolute atomic E-state index is 0.0183. The molecule has 1 N–H and O–H groups in total.